The predicted octanol–water partition coefficient (Wildman–Crippen LogP) is 3.43. The second-order valence-electron chi connectivity index (χ2n) is 7.49. The highest BCUT2D eigenvalue weighted by molar-refractivity contribution is 5.87. The lowest BCUT2D eigenvalue weighted by Crippen LogP contribution is -2.49. The summed E-state index contributed by atoms with van der Waals surface area (Å²) in [6, 6.07) is 16.2. The van der Waals surface area contributed by atoms with E-state index in [2.05, 4.69) is 24.0 Å². The molecule has 1 saturated heterocycles. The van der Waals surface area contributed by atoms with E-state index < -0.39 is 5.97 Å². The first-order chi connectivity index (χ1) is 14.6. The van der Waals surface area contributed by atoms with Gasteiger partial charge in [-0.25, -0.2) is 0 Å². The first-order valence-corrected chi connectivity index (χ1v) is 10.4. The van der Waals surface area contributed by atoms with Crippen molar-refractivity contribution in [2.45, 2.75) is 19.8 Å². The molecule has 156 valence electrons. The molecule has 3 aromatic rings. The Kier molecular flexibility index (Phi) is 6.02. The van der Waals surface area contributed by atoms with Gasteiger partial charge in [-0.1, -0.05) is 37.3 Å². The number of piperazine rings is 1. The Morgan fingerprint density at radius 3 is 2.53 bits per heavy atom. The van der Waals surface area contributed by atoms with E-state index in [1.165, 1.54) is 5.56 Å². The van der Waals surface area contributed by atoms with E-state index in [4.69, 9.17) is 9.15 Å². The van der Waals surface area contributed by atoms with E-state index in [0.29, 0.717) is 13.1 Å². The van der Waals surface area contributed by atoms with Crippen LogP contribution in [0.4, 0.5) is 5.69 Å². The number of carbonyl (C=O) groups excluding carboxylic acids is 2. The van der Waals surface area contributed by atoms with Gasteiger partial charge >= 0.3 is 5.97 Å². The van der Waals surface area contributed by atoms with Gasteiger partial charge in [0.2, 0.25) is 0 Å². The van der Waals surface area contributed by atoms with Crippen LogP contribution in [0.5, 0.6) is 0 Å². The molecule has 6 heteroatoms. The number of hydrogen-bond donors (Lipinski definition) is 0. The molecule has 1 aromatic heterocycles. The highest BCUT2D eigenvalue weighted by Gasteiger charge is 2.22. The number of amides is 1. The van der Waals surface area contributed by atoms with Crippen molar-refractivity contribution in [3.63, 3.8) is 0 Å². The summed E-state index contributed by atoms with van der Waals surface area (Å²) in [6.07, 6.45) is 2.61. The van der Waals surface area contributed by atoms with Crippen molar-refractivity contribution >= 4 is 28.5 Å². The summed E-state index contributed by atoms with van der Waals surface area (Å²) in [5, 5.41) is 0.910. The molecule has 0 N–H and O–H groups in total. The average Bonchev–Trinajstić information content (AvgIpc) is 3.20. The molecule has 2 aromatic carbocycles. The molecule has 1 amide bonds. The van der Waals surface area contributed by atoms with Crippen LogP contribution < -0.4 is 4.90 Å². The average molecular weight is 406 g/mol. The van der Waals surface area contributed by atoms with Gasteiger partial charge < -0.3 is 19.0 Å². The van der Waals surface area contributed by atoms with E-state index in [0.717, 1.165) is 41.7 Å². The maximum Gasteiger partial charge on any atom is 0.310 e. The van der Waals surface area contributed by atoms with Crippen LogP contribution in [0.1, 0.15) is 18.1 Å². The standard InChI is InChI=1S/C24H26N2O4/c1-2-18-8-9-21-19(16-29-22(21)14-18)15-24(28)30-17-23(27)26-12-10-25(11-13-26)20-6-4-3-5-7-20/h3-9,14,16H,2,10-13,15,17H2,1H3. The highest BCUT2D eigenvalue weighted by Crippen LogP contribution is 2.23. The minimum absolute atomic E-state index is 0.0908. The van der Waals surface area contributed by atoms with E-state index in [9.17, 15) is 9.59 Å². The van der Waals surface area contributed by atoms with Crippen LogP contribution in [0.25, 0.3) is 11.0 Å². The Morgan fingerprint density at radius 2 is 1.80 bits per heavy atom. The van der Waals surface area contributed by atoms with Crippen LogP contribution in [0.2, 0.25) is 0 Å². The van der Waals surface area contributed by atoms with E-state index in [1.807, 2.05) is 36.4 Å². The quantitative estimate of drug-likeness (QED) is 0.587. The molecule has 1 aliphatic rings. The molecule has 1 fully saturated rings. The number of rotatable bonds is 6. The third kappa shape index (κ3) is 4.48. The van der Waals surface area contributed by atoms with Gasteiger partial charge in [-0.05, 0) is 30.2 Å². The van der Waals surface area contributed by atoms with Crippen molar-refractivity contribution in [1.82, 2.24) is 4.90 Å². The van der Waals surface area contributed by atoms with Crippen LogP contribution >= 0.6 is 0 Å². The van der Waals surface area contributed by atoms with Gasteiger partial charge in [0, 0.05) is 42.8 Å². The first-order valence-electron chi connectivity index (χ1n) is 10.4. The fourth-order valence-corrected chi connectivity index (χ4v) is 3.78. The molecular formula is C24H26N2O4. The molecule has 0 unspecified atom stereocenters. The minimum atomic E-state index is -0.423. The van der Waals surface area contributed by atoms with E-state index in [1.54, 1.807) is 11.2 Å². The lowest BCUT2D eigenvalue weighted by molar-refractivity contribution is -0.151. The zero-order valence-corrected chi connectivity index (χ0v) is 17.2. The molecule has 0 bridgehead atoms. The number of hydrogen-bond acceptors (Lipinski definition) is 5. The fourth-order valence-electron chi connectivity index (χ4n) is 3.78. The number of furan rings is 1. The minimum Gasteiger partial charge on any atom is -0.464 e. The summed E-state index contributed by atoms with van der Waals surface area (Å²) in [5.74, 6) is -0.575. The molecule has 0 saturated carbocycles. The van der Waals surface area contributed by atoms with Crippen LogP contribution in [-0.4, -0.2) is 49.6 Å². The Balaban J connectivity index is 1.26. The molecule has 1 aliphatic heterocycles. The van der Waals surface area contributed by atoms with E-state index >= 15 is 0 Å². The van der Waals surface area contributed by atoms with Crippen molar-refractivity contribution in [3.8, 4) is 0 Å². The molecule has 0 aliphatic carbocycles. The van der Waals surface area contributed by atoms with Crippen molar-refractivity contribution < 1.29 is 18.7 Å². The summed E-state index contributed by atoms with van der Waals surface area (Å²) >= 11 is 0. The number of esters is 1. The Labute approximate surface area is 176 Å². The van der Waals surface area contributed by atoms with Crippen LogP contribution in [0.3, 0.4) is 0 Å². The summed E-state index contributed by atoms with van der Waals surface area (Å²) < 4.78 is 10.8. The van der Waals surface area contributed by atoms with Gasteiger partial charge in [0.15, 0.2) is 6.61 Å². The Morgan fingerprint density at radius 1 is 1.03 bits per heavy atom. The highest BCUT2D eigenvalue weighted by atomic mass is 16.5. The van der Waals surface area contributed by atoms with Crippen LogP contribution in [0, 0.1) is 0 Å². The zero-order chi connectivity index (χ0) is 20.9. The van der Waals surface area contributed by atoms with Gasteiger partial charge in [0.25, 0.3) is 5.91 Å². The molecule has 2 heterocycles. The van der Waals surface area contributed by atoms with Gasteiger partial charge in [-0.15, -0.1) is 0 Å². The van der Waals surface area contributed by atoms with Crippen molar-refractivity contribution in [3.05, 3.63) is 65.9 Å². The third-order valence-electron chi connectivity index (χ3n) is 5.57. The summed E-state index contributed by atoms with van der Waals surface area (Å²) in [6.45, 7) is 4.64. The predicted molar refractivity (Wildman–Crippen MR) is 115 cm³/mol. The lowest BCUT2D eigenvalue weighted by Gasteiger charge is -2.36. The third-order valence-corrected chi connectivity index (χ3v) is 5.57. The number of carbonyl (C=O) groups is 2. The maximum atomic E-state index is 12.4. The van der Waals surface area contributed by atoms with Crippen LogP contribution in [0.15, 0.2) is 59.2 Å². The number of ether oxygens (including phenoxy) is 1. The van der Waals surface area contributed by atoms with Crippen LogP contribution in [-0.2, 0) is 27.2 Å². The molecule has 0 radical (unpaired) electrons. The number of anilines is 1. The van der Waals surface area contributed by atoms with Crippen molar-refractivity contribution in [1.29, 1.82) is 0 Å². The Hall–Kier alpha value is -3.28. The van der Waals surface area contributed by atoms with Gasteiger partial charge in [-0.2, -0.15) is 0 Å². The molecule has 6 nitrogen and oxygen atoms in total. The normalized spacial score (nSPS) is 14.2. The summed E-state index contributed by atoms with van der Waals surface area (Å²) in [4.78, 5) is 28.7. The fraction of sp³-hybridized carbons (Fsp3) is 0.333. The number of para-hydroxylation sites is 1. The number of benzene rings is 2. The van der Waals surface area contributed by atoms with Gasteiger partial charge in [-0.3, -0.25) is 9.59 Å². The number of nitrogens with zero attached hydrogens (tertiary/aromatic N) is 2. The zero-order valence-electron chi connectivity index (χ0n) is 17.2. The number of fused-ring (bicyclic) bond motifs is 1. The summed E-state index contributed by atoms with van der Waals surface area (Å²) in [7, 11) is 0. The molecule has 4 rings (SSSR count). The SMILES string of the molecule is CCc1ccc2c(CC(=O)OCC(=O)N3CCN(c4ccccc4)CC3)coc2c1. The van der Waals surface area contributed by atoms with Gasteiger partial charge in [0.1, 0.15) is 5.58 Å². The molecule has 0 atom stereocenters. The Bertz CT molecular complexity index is 1020. The smallest absolute Gasteiger partial charge is 0.310 e. The topological polar surface area (TPSA) is 63.0 Å². The maximum absolute atomic E-state index is 12.4. The lowest BCUT2D eigenvalue weighted by atomic mass is 10.1. The molecular weight excluding hydrogens is 380 g/mol. The number of aryl methyl sites for hydroxylation is 1. The van der Waals surface area contributed by atoms with Crippen molar-refractivity contribution in [2.24, 2.45) is 0 Å². The molecule has 30 heavy (non-hydrogen) atoms. The second-order valence-corrected chi connectivity index (χ2v) is 7.49. The first kappa shape index (κ1) is 20.0. The second kappa shape index (κ2) is 9.03. The monoisotopic (exact) mass is 406 g/mol. The van der Waals surface area contributed by atoms with E-state index in [-0.39, 0.29) is 18.9 Å². The largest absolute Gasteiger partial charge is 0.464 e. The van der Waals surface area contributed by atoms with Crippen molar-refractivity contribution in [2.75, 3.05) is 37.7 Å². The summed E-state index contributed by atoms with van der Waals surface area (Å²) in [5.41, 5.74) is 3.89. The van der Waals surface area contributed by atoms with Gasteiger partial charge in [0.05, 0.1) is 12.7 Å². The molecule has 0 spiro atoms.